The van der Waals surface area contributed by atoms with Crippen molar-refractivity contribution in [1.29, 1.82) is 0 Å². The van der Waals surface area contributed by atoms with Gasteiger partial charge in [-0.2, -0.15) is 0 Å². The van der Waals surface area contributed by atoms with Crippen molar-refractivity contribution in [2.45, 2.75) is 130 Å². The molecule has 0 amide bonds. The van der Waals surface area contributed by atoms with E-state index in [1.165, 1.54) is 89.9 Å². The van der Waals surface area contributed by atoms with E-state index in [0.29, 0.717) is 11.5 Å². The van der Waals surface area contributed by atoms with E-state index in [9.17, 15) is 9.90 Å². The summed E-state index contributed by atoms with van der Waals surface area (Å²) < 4.78 is 0. The topological polar surface area (TPSA) is 37.3 Å². The third kappa shape index (κ3) is 17.6. The molecule has 0 saturated carbocycles. The van der Waals surface area contributed by atoms with Crippen LogP contribution in [0.4, 0.5) is 0 Å². The fourth-order valence-corrected chi connectivity index (χ4v) is 3.95. The minimum absolute atomic E-state index is 0.116. The van der Waals surface area contributed by atoms with Crippen LogP contribution in [0.3, 0.4) is 0 Å². The Balaban J connectivity index is 3.42. The number of carboxylic acids is 1. The molecule has 0 heterocycles. The summed E-state index contributed by atoms with van der Waals surface area (Å²) in [6.07, 6.45) is 24.1. The van der Waals surface area contributed by atoms with Crippen LogP contribution in [0.1, 0.15) is 130 Å². The second kappa shape index (κ2) is 19.8. The molecule has 0 aliphatic heterocycles. The summed E-state index contributed by atoms with van der Waals surface area (Å²) in [5.74, 6) is -0.997. The highest BCUT2D eigenvalue weighted by molar-refractivity contribution is 6.29. The fraction of sp³-hybridized carbons (Fsp3) is 0.880. The summed E-state index contributed by atoms with van der Waals surface area (Å²) in [4.78, 5) is 11.2. The van der Waals surface area contributed by atoms with Crippen molar-refractivity contribution in [3.63, 3.8) is 0 Å². The Hall–Kier alpha value is -0.500. The number of carbonyl (C=O) groups is 1. The molecule has 0 fully saturated rings. The molecule has 0 aromatic carbocycles. The second-order valence-corrected chi connectivity index (χ2v) is 9.27. The fourth-order valence-electron chi connectivity index (χ4n) is 3.68. The highest BCUT2D eigenvalue weighted by Crippen LogP contribution is 2.23. The van der Waals surface area contributed by atoms with Crippen LogP contribution in [0.5, 0.6) is 0 Å². The van der Waals surface area contributed by atoms with Gasteiger partial charge in [-0.25, -0.2) is 0 Å². The van der Waals surface area contributed by atoms with Crippen molar-refractivity contribution in [1.82, 2.24) is 0 Å². The van der Waals surface area contributed by atoms with Gasteiger partial charge in [0, 0.05) is 5.03 Å². The van der Waals surface area contributed by atoms with Gasteiger partial charge in [0.05, 0.1) is 5.92 Å². The standard InChI is InChI=1S/C25H47ClO2/c1-4-5-6-7-8-9-10-11-12-13-14-15-16-17-18-19-20-23(26)21-24(22(2)3)25(27)28/h20,22,24H,4-19,21H2,1-3H3,(H,27,28)/t24-/m1/s1. The molecule has 166 valence electrons. The van der Waals surface area contributed by atoms with Gasteiger partial charge in [0.1, 0.15) is 0 Å². The SMILES string of the molecule is CCCCCCCCCCCCCCCCCC=C(Cl)C[C@@H](C(=O)O)C(C)C. The zero-order chi connectivity index (χ0) is 21.0. The smallest absolute Gasteiger partial charge is 0.307 e. The Kier molecular flexibility index (Phi) is 19.4. The Morgan fingerprint density at radius 3 is 1.54 bits per heavy atom. The maximum absolute atomic E-state index is 11.2. The Morgan fingerprint density at radius 1 is 0.786 bits per heavy atom. The van der Waals surface area contributed by atoms with Crippen LogP contribution in [0.15, 0.2) is 11.1 Å². The van der Waals surface area contributed by atoms with Crippen LogP contribution in [0.25, 0.3) is 0 Å². The van der Waals surface area contributed by atoms with Crippen molar-refractivity contribution < 1.29 is 9.90 Å². The number of rotatable bonds is 20. The van der Waals surface area contributed by atoms with E-state index in [1.54, 1.807) is 0 Å². The van der Waals surface area contributed by atoms with Crippen LogP contribution >= 0.6 is 11.6 Å². The maximum Gasteiger partial charge on any atom is 0.307 e. The molecule has 0 spiro atoms. The Labute approximate surface area is 180 Å². The zero-order valence-corrected chi connectivity index (χ0v) is 19.7. The van der Waals surface area contributed by atoms with Gasteiger partial charge in [-0.1, -0.05) is 128 Å². The van der Waals surface area contributed by atoms with E-state index in [-0.39, 0.29) is 11.8 Å². The zero-order valence-electron chi connectivity index (χ0n) is 19.0. The van der Waals surface area contributed by atoms with E-state index in [1.807, 2.05) is 19.9 Å². The third-order valence-electron chi connectivity index (χ3n) is 5.71. The van der Waals surface area contributed by atoms with Crippen molar-refractivity contribution in [3.8, 4) is 0 Å². The first-order valence-electron chi connectivity index (χ1n) is 12.1. The molecule has 0 bridgehead atoms. The summed E-state index contributed by atoms with van der Waals surface area (Å²) in [6.45, 7) is 6.16. The minimum atomic E-state index is -0.742. The van der Waals surface area contributed by atoms with Crippen LogP contribution in [-0.2, 0) is 4.79 Å². The van der Waals surface area contributed by atoms with E-state index < -0.39 is 5.97 Å². The lowest BCUT2D eigenvalue weighted by molar-refractivity contribution is -0.143. The Bertz CT molecular complexity index is 390. The molecular weight excluding hydrogens is 368 g/mol. The summed E-state index contributed by atoms with van der Waals surface area (Å²) in [5, 5.41) is 9.93. The number of aliphatic carboxylic acids is 1. The molecule has 1 N–H and O–H groups in total. The summed E-state index contributed by atoms with van der Waals surface area (Å²) in [7, 11) is 0. The van der Waals surface area contributed by atoms with Crippen LogP contribution < -0.4 is 0 Å². The van der Waals surface area contributed by atoms with Crippen LogP contribution in [-0.4, -0.2) is 11.1 Å². The molecule has 28 heavy (non-hydrogen) atoms. The van der Waals surface area contributed by atoms with Gasteiger partial charge in [-0.15, -0.1) is 0 Å². The molecule has 1 atom stereocenters. The van der Waals surface area contributed by atoms with E-state index >= 15 is 0 Å². The van der Waals surface area contributed by atoms with Gasteiger partial charge >= 0.3 is 5.97 Å². The van der Waals surface area contributed by atoms with Crippen molar-refractivity contribution in [2.75, 3.05) is 0 Å². The van der Waals surface area contributed by atoms with Gasteiger partial charge in [0.2, 0.25) is 0 Å². The lowest BCUT2D eigenvalue weighted by Crippen LogP contribution is -2.19. The number of hydrogen-bond acceptors (Lipinski definition) is 1. The van der Waals surface area contributed by atoms with Crippen LogP contribution in [0.2, 0.25) is 0 Å². The molecule has 3 heteroatoms. The predicted molar refractivity (Wildman–Crippen MR) is 124 cm³/mol. The first-order valence-corrected chi connectivity index (χ1v) is 12.4. The van der Waals surface area contributed by atoms with Gasteiger partial charge in [-0.05, 0) is 25.2 Å². The molecular formula is C25H47ClO2. The van der Waals surface area contributed by atoms with Gasteiger partial charge in [-0.3, -0.25) is 4.79 Å². The third-order valence-corrected chi connectivity index (χ3v) is 6.02. The summed E-state index contributed by atoms with van der Waals surface area (Å²) in [6, 6.07) is 0. The van der Waals surface area contributed by atoms with E-state index in [0.717, 1.165) is 12.8 Å². The molecule has 0 saturated heterocycles. The number of hydrogen-bond donors (Lipinski definition) is 1. The van der Waals surface area contributed by atoms with E-state index in [4.69, 9.17) is 11.6 Å². The van der Waals surface area contributed by atoms with Gasteiger partial charge in [0.15, 0.2) is 0 Å². The monoisotopic (exact) mass is 414 g/mol. The normalized spacial score (nSPS) is 13.2. The van der Waals surface area contributed by atoms with Gasteiger partial charge in [0.25, 0.3) is 0 Å². The number of halogens is 1. The predicted octanol–water partition coefficient (Wildman–Crippen LogP) is 9.12. The van der Waals surface area contributed by atoms with Crippen molar-refractivity contribution >= 4 is 17.6 Å². The first kappa shape index (κ1) is 27.5. The van der Waals surface area contributed by atoms with Crippen LogP contribution in [0, 0.1) is 11.8 Å². The van der Waals surface area contributed by atoms with E-state index in [2.05, 4.69) is 6.92 Å². The largest absolute Gasteiger partial charge is 0.481 e. The molecule has 0 aromatic rings. The Morgan fingerprint density at radius 2 is 1.18 bits per heavy atom. The number of unbranched alkanes of at least 4 members (excludes halogenated alkanes) is 15. The van der Waals surface area contributed by atoms with Crippen molar-refractivity contribution in [2.24, 2.45) is 11.8 Å². The minimum Gasteiger partial charge on any atom is -0.481 e. The average molecular weight is 415 g/mol. The lowest BCUT2D eigenvalue weighted by atomic mass is 9.92. The quantitative estimate of drug-likeness (QED) is 0.201. The maximum atomic E-state index is 11.2. The molecule has 0 radical (unpaired) electrons. The number of carboxylic acid groups (broad SMARTS) is 1. The first-order chi connectivity index (χ1) is 13.5. The molecule has 2 nitrogen and oxygen atoms in total. The average Bonchev–Trinajstić information content (AvgIpc) is 2.65. The summed E-state index contributed by atoms with van der Waals surface area (Å²) >= 11 is 6.23. The highest BCUT2D eigenvalue weighted by atomic mass is 35.5. The van der Waals surface area contributed by atoms with Crippen molar-refractivity contribution in [3.05, 3.63) is 11.1 Å². The lowest BCUT2D eigenvalue weighted by Gasteiger charge is -2.15. The molecule has 0 aliphatic rings. The highest BCUT2D eigenvalue weighted by Gasteiger charge is 2.21. The molecule has 0 unspecified atom stereocenters. The molecule has 0 aromatic heterocycles. The molecule has 0 rings (SSSR count). The van der Waals surface area contributed by atoms with Gasteiger partial charge < -0.3 is 5.11 Å². The molecule has 0 aliphatic carbocycles. The number of allylic oxidation sites excluding steroid dienone is 2. The summed E-state index contributed by atoms with van der Waals surface area (Å²) in [5.41, 5.74) is 0. The second-order valence-electron chi connectivity index (χ2n) is 8.78.